The first-order valence-corrected chi connectivity index (χ1v) is 6.36. The predicted octanol–water partition coefficient (Wildman–Crippen LogP) is 3.94. The molecule has 2 aromatic rings. The maximum atomic E-state index is 13.1. The lowest BCUT2D eigenvalue weighted by atomic mass is 10.1. The van der Waals surface area contributed by atoms with Crippen molar-refractivity contribution in [2.24, 2.45) is 0 Å². The minimum absolute atomic E-state index is 0.225. The van der Waals surface area contributed by atoms with Crippen molar-refractivity contribution >= 4 is 11.6 Å². The zero-order valence-electron chi connectivity index (χ0n) is 11.4. The third-order valence-corrected chi connectivity index (χ3v) is 3.12. The zero-order valence-corrected chi connectivity index (χ0v) is 11.4. The number of hydrogen-bond acceptors (Lipinski definition) is 1. The molecule has 2 nitrogen and oxygen atoms in total. The van der Waals surface area contributed by atoms with Crippen molar-refractivity contribution in [1.29, 1.82) is 0 Å². The summed E-state index contributed by atoms with van der Waals surface area (Å²) in [5, 5.41) is 0. The summed E-state index contributed by atoms with van der Waals surface area (Å²) in [6.45, 7) is 3.97. The molecule has 20 heavy (non-hydrogen) atoms. The Kier molecular flexibility index (Phi) is 4.13. The van der Waals surface area contributed by atoms with Gasteiger partial charge in [-0.15, -0.1) is 0 Å². The lowest BCUT2D eigenvalue weighted by Crippen LogP contribution is -2.31. The average molecular weight is 275 g/mol. The van der Waals surface area contributed by atoms with E-state index in [1.807, 2.05) is 6.92 Å². The van der Waals surface area contributed by atoms with Crippen LogP contribution in [0.1, 0.15) is 22.8 Å². The number of anilines is 1. The van der Waals surface area contributed by atoms with Crippen molar-refractivity contribution in [3.8, 4) is 0 Å². The van der Waals surface area contributed by atoms with Crippen molar-refractivity contribution in [2.75, 3.05) is 11.4 Å². The summed E-state index contributed by atoms with van der Waals surface area (Å²) in [6, 6.07) is 9.78. The van der Waals surface area contributed by atoms with Gasteiger partial charge in [0.05, 0.1) is 0 Å². The molecule has 0 atom stereocenters. The minimum atomic E-state index is -0.371. The van der Waals surface area contributed by atoms with Crippen molar-refractivity contribution in [3.63, 3.8) is 0 Å². The lowest BCUT2D eigenvalue weighted by Gasteiger charge is -2.22. The molecule has 2 aromatic carbocycles. The zero-order chi connectivity index (χ0) is 14.7. The van der Waals surface area contributed by atoms with E-state index >= 15 is 0 Å². The van der Waals surface area contributed by atoms with E-state index < -0.39 is 0 Å². The first-order valence-electron chi connectivity index (χ1n) is 6.36. The van der Waals surface area contributed by atoms with Gasteiger partial charge >= 0.3 is 0 Å². The second-order valence-electron chi connectivity index (χ2n) is 4.49. The lowest BCUT2D eigenvalue weighted by molar-refractivity contribution is 0.0987. The smallest absolute Gasteiger partial charge is 0.258 e. The Hall–Kier alpha value is -2.23. The summed E-state index contributed by atoms with van der Waals surface area (Å²) < 4.78 is 26.0. The van der Waals surface area contributed by atoms with Crippen molar-refractivity contribution in [3.05, 3.63) is 65.2 Å². The number of carbonyl (C=O) groups excluding carboxylic acids is 1. The quantitative estimate of drug-likeness (QED) is 0.830. The molecule has 0 aromatic heterocycles. The first kappa shape index (κ1) is 14.2. The number of rotatable bonds is 3. The molecule has 0 aliphatic carbocycles. The van der Waals surface area contributed by atoms with Gasteiger partial charge in [-0.2, -0.15) is 0 Å². The highest BCUT2D eigenvalue weighted by Gasteiger charge is 2.18. The van der Waals surface area contributed by atoms with E-state index in [-0.39, 0.29) is 17.5 Å². The third-order valence-electron chi connectivity index (χ3n) is 3.12. The van der Waals surface area contributed by atoms with E-state index in [2.05, 4.69) is 0 Å². The highest BCUT2D eigenvalue weighted by Crippen LogP contribution is 2.19. The predicted molar refractivity (Wildman–Crippen MR) is 74.9 cm³/mol. The van der Waals surface area contributed by atoms with Crippen molar-refractivity contribution < 1.29 is 13.6 Å². The van der Waals surface area contributed by atoms with Gasteiger partial charge in [0.1, 0.15) is 11.6 Å². The number of benzene rings is 2. The van der Waals surface area contributed by atoms with Gasteiger partial charge in [0.15, 0.2) is 0 Å². The molecule has 0 radical (unpaired) electrons. The Morgan fingerprint density at radius 1 is 1.05 bits per heavy atom. The average Bonchev–Trinajstić information content (AvgIpc) is 2.41. The van der Waals surface area contributed by atoms with Gasteiger partial charge in [0.2, 0.25) is 0 Å². The summed E-state index contributed by atoms with van der Waals surface area (Å²) in [5.41, 5.74) is 1.63. The summed E-state index contributed by atoms with van der Waals surface area (Å²) in [7, 11) is 0. The van der Waals surface area contributed by atoms with Crippen LogP contribution in [0.2, 0.25) is 0 Å². The van der Waals surface area contributed by atoms with Crippen LogP contribution < -0.4 is 4.90 Å². The number of carbonyl (C=O) groups is 1. The summed E-state index contributed by atoms with van der Waals surface area (Å²) >= 11 is 0. The van der Waals surface area contributed by atoms with Crippen LogP contribution in [0.3, 0.4) is 0 Å². The fraction of sp³-hybridized carbons (Fsp3) is 0.188. The molecule has 0 spiro atoms. The Bertz CT molecular complexity index is 623. The standard InChI is InChI=1S/C16H15F2NO/c1-3-19(14-7-4-12(17)5-8-14)16(20)15-9-6-13(18)10-11(15)2/h4-10H,3H2,1-2H3. The SMILES string of the molecule is CCN(C(=O)c1ccc(F)cc1C)c1ccc(F)cc1. The molecule has 104 valence electrons. The fourth-order valence-electron chi connectivity index (χ4n) is 2.08. The second kappa shape index (κ2) is 5.82. The molecule has 0 unspecified atom stereocenters. The molecule has 0 aliphatic rings. The largest absolute Gasteiger partial charge is 0.309 e. The van der Waals surface area contributed by atoms with E-state index in [1.165, 1.54) is 35.2 Å². The molecule has 0 saturated carbocycles. The third kappa shape index (κ3) is 2.85. The highest BCUT2D eigenvalue weighted by atomic mass is 19.1. The van der Waals surface area contributed by atoms with Crippen LogP contribution in [0.5, 0.6) is 0 Å². The number of halogens is 2. The number of aryl methyl sites for hydroxylation is 1. The monoisotopic (exact) mass is 275 g/mol. The van der Waals surface area contributed by atoms with Crippen LogP contribution >= 0.6 is 0 Å². The molecule has 0 aliphatic heterocycles. The number of hydrogen-bond donors (Lipinski definition) is 0. The topological polar surface area (TPSA) is 20.3 Å². The summed E-state index contributed by atoms with van der Waals surface area (Å²) in [6.07, 6.45) is 0. The Morgan fingerprint density at radius 2 is 1.65 bits per heavy atom. The van der Waals surface area contributed by atoms with Gasteiger partial charge < -0.3 is 4.90 Å². The van der Waals surface area contributed by atoms with Gasteiger partial charge in [0.25, 0.3) is 5.91 Å². The van der Waals surface area contributed by atoms with Crippen LogP contribution in [-0.2, 0) is 0 Å². The molecule has 2 rings (SSSR count). The molecule has 1 amide bonds. The number of amides is 1. The van der Waals surface area contributed by atoms with Crippen LogP contribution in [-0.4, -0.2) is 12.5 Å². The molecule has 4 heteroatoms. The van der Waals surface area contributed by atoms with E-state index in [1.54, 1.807) is 19.1 Å². The van der Waals surface area contributed by atoms with Gasteiger partial charge in [-0.1, -0.05) is 0 Å². The second-order valence-corrected chi connectivity index (χ2v) is 4.49. The molecule has 0 heterocycles. The maximum absolute atomic E-state index is 13.1. The van der Waals surface area contributed by atoms with Gasteiger partial charge in [-0.05, 0) is 61.9 Å². The molecular weight excluding hydrogens is 260 g/mol. The summed E-state index contributed by atoms with van der Waals surface area (Å²) in [5.74, 6) is -0.948. The Balaban J connectivity index is 2.36. The van der Waals surface area contributed by atoms with E-state index in [9.17, 15) is 13.6 Å². The molecule has 0 N–H and O–H groups in total. The first-order chi connectivity index (χ1) is 9.52. The van der Waals surface area contributed by atoms with E-state index in [0.717, 1.165) is 0 Å². The maximum Gasteiger partial charge on any atom is 0.258 e. The Morgan fingerprint density at radius 3 is 2.20 bits per heavy atom. The van der Waals surface area contributed by atoms with Gasteiger partial charge in [-0.25, -0.2) is 8.78 Å². The van der Waals surface area contributed by atoms with E-state index in [0.29, 0.717) is 23.4 Å². The molecule has 0 bridgehead atoms. The van der Waals surface area contributed by atoms with Crippen LogP contribution in [0.25, 0.3) is 0 Å². The highest BCUT2D eigenvalue weighted by molar-refractivity contribution is 6.06. The minimum Gasteiger partial charge on any atom is -0.309 e. The summed E-state index contributed by atoms with van der Waals surface area (Å²) in [4.78, 5) is 14.0. The number of nitrogens with zero attached hydrogens (tertiary/aromatic N) is 1. The van der Waals surface area contributed by atoms with Crippen LogP contribution in [0.4, 0.5) is 14.5 Å². The van der Waals surface area contributed by atoms with E-state index in [4.69, 9.17) is 0 Å². The van der Waals surface area contributed by atoms with Gasteiger partial charge in [0, 0.05) is 17.8 Å². The Labute approximate surface area is 116 Å². The van der Waals surface area contributed by atoms with Gasteiger partial charge in [-0.3, -0.25) is 4.79 Å². The van der Waals surface area contributed by atoms with Crippen LogP contribution in [0, 0.1) is 18.6 Å². The molecule has 0 fully saturated rings. The normalized spacial score (nSPS) is 10.4. The van der Waals surface area contributed by atoms with Crippen molar-refractivity contribution in [2.45, 2.75) is 13.8 Å². The van der Waals surface area contributed by atoms with Crippen molar-refractivity contribution in [1.82, 2.24) is 0 Å². The molecule has 0 saturated heterocycles. The molecular formula is C16H15F2NO. The fourth-order valence-corrected chi connectivity index (χ4v) is 2.08. The van der Waals surface area contributed by atoms with Crippen LogP contribution in [0.15, 0.2) is 42.5 Å².